The number of hydrogen-bond acceptors (Lipinski definition) is 3. The van der Waals surface area contributed by atoms with Crippen LogP contribution in [0.1, 0.15) is 38.2 Å². The number of nitrogens with two attached hydrogens (primary N) is 1. The van der Waals surface area contributed by atoms with Crippen LogP contribution in [0, 0.1) is 5.82 Å². The maximum Gasteiger partial charge on any atom is 0.224 e. The number of rotatable bonds is 5. The van der Waals surface area contributed by atoms with Gasteiger partial charge in [-0.15, -0.1) is 0 Å². The minimum absolute atomic E-state index is 0.0495. The van der Waals surface area contributed by atoms with Gasteiger partial charge in [0.1, 0.15) is 5.82 Å². The van der Waals surface area contributed by atoms with Crippen LogP contribution in [0.5, 0.6) is 0 Å². The summed E-state index contributed by atoms with van der Waals surface area (Å²) in [6, 6.07) is 2.89. The Bertz CT molecular complexity index is 558. The molecule has 0 aliphatic carbocycles. The van der Waals surface area contributed by atoms with Crippen LogP contribution in [0.2, 0.25) is 0 Å². The fourth-order valence-electron chi connectivity index (χ4n) is 2.29. The normalized spacial score (nSPS) is 15.1. The van der Waals surface area contributed by atoms with Gasteiger partial charge in [0.05, 0.1) is 5.69 Å². The van der Waals surface area contributed by atoms with Crippen LogP contribution in [0.3, 0.4) is 0 Å². The summed E-state index contributed by atoms with van der Waals surface area (Å²) in [6.45, 7) is 1.88. The van der Waals surface area contributed by atoms with E-state index in [1.807, 2.05) is 6.92 Å². The van der Waals surface area contributed by atoms with Crippen LogP contribution in [0.4, 0.5) is 15.8 Å². The largest absolute Gasteiger partial charge is 0.328 e. The summed E-state index contributed by atoms with van der Waals surface area (Å²) in [5.74, 6) is -0.828. The fraction of sp³-hybridized carbons (Fsp3) is 0.467. The van der Waals surface area contributed by atoms with Crippen LogP contribution in [-0.2, 0) is 16.0 Å². The lowest BCUT2D eigenvalue weighted by Gasteiger charge is -2.18. The second kappa shape index (κ2) is 6.67. The number of hydrogen-bond donors (Lipinski definition) is 3. The van der Waals surface area contributed by atoms with E-state index in [2.05, 4.69) is 10.6 Å². The van der Waals surface area contributed by atoms with Gasteiger partial charge in [0, 0.05) is 24.6 Å². The zero-order valence-corrected chi connectivity index (χ0v) is 12.0. The molecule has 2 rings (SSSR count). The first-order valence-electron chi connectivity index (χ1n) is 7.13. The molecule has 2 amide bonds. The average Bonchev–Trinajstić information content (AvgIpc) is 2.39. The number of nitrogens with one attached hydrogen (secondary N) is 2. The number of anilines is 2. The molecule has 1 atom stereocenters. The number of amides is 2. The molecular formula is C15H20FN3O2. The minimum Gasteiger partial charge on any atom is -0.328 e. The van der Waals surface area contributed by atoms with Crippen LogP contribution >= 0.6 is 0 Å². The van der Waals surface area contributed by atoms with E-state index in [-0.39, 0.29) is 23.5 Å². The molecule has 1 aliphatic rings. The number of fused-ring (bicyclic) bond motifs is 1. The quantitative estimate of drug-likeness (QED) is 0.778. The van der Waals surface area contributed by atoms with Gasteiger partial charge in [0.15, 0.2) is 0 Å². The van der Waals surface area contributed by atoms with Crippen molar-refractivity contribution in [3.63, 3.8) is 0 Å². The van der Waals surface area contributed by atoms with Crippen molar-refractivity contribution in [1.82, 2.24) is 0 Å². The second-order valence-electron chi connectivity index (χ2n) is 5.46. The van der Waals surface area contributed by atoms with E-state index in [9.17, 15) is 14.0 Å². The Hall–Kier alpha value is -1.95. The Morgan fingerprint density at radius 2 is 2.24 bits per heavy atom. The third kappa shape index (κ3) is 4.26. The van der Waals surface area contributed by atoms with Crippen molar-refractivity contribution in [2.45, 2.75) is 45.1 Å². The van der Waals surface area contributed by atoms with E-state index in [4.69, 9.17) is 5.73 Å². The average molecular weight is 293 g/mol. The molecule has 0 spiro atoms. The van der Waals surface area contributed by atoms with E-state index in [1.54, 1.807) is 0 Å². The van der Waals surface area contributed by atoms with Gasteiger partial charge in [0.25, 0.3) is 0 Å². The Morgan fingerprint density at radius 1 is 1.48 bits per heavy atom. The number of aryl methyl sites for hydroxylation is 1. The lowest BCUT2D eigenvalue weighted by molar-refractivity contribution is -0.117. The Balaban J connectivity index is 2.01. The van der Waals surface area contributed by atoms with Crippen molar-refractivity contribution in [3.8, 4) is 0 Å². The molecule has 1 aromatic rings. The summed E-state index contributed by atoms with van der Waals surface area (Å²) in [4.78, 5) is 23.1. The fourth-order valence-corrected chi connectivity index (χ4v) is 2.29. The minimum atomic E-state index is -0.481. The molecule has 6 heteroatoms. The molecule has 1 aliphatic heterocycles. The van der Waals surface area contributed by atoms with Crippen LogP contribution in [-0.4, -0.2) is 17.9 Å². The van der Waals surface area contributed by atoms with E-state index in [1.165, 1.54) is 12.1 Å². The highest BCUT2D eigenvalue weighted by atomic mass is 19.1. The predicted molar refractivity (Wildman–Crippen MR) is 79.5 cm³/mol. The van der Waals surface area contributed by atoms with E-state index in [0.717, 1.165) is 12.0 Å². The molecule has 114 valence electrons. The molecule has 21 heavy (non-hydrogen) atoms. The zero-order valence-electron chi connectivity index (χ0n) is 12.0. The van der Waals surface area contributed by atoms with Crippen LogP contribution in [0.15, 0.2) is 12.1 Å². The first kappa shape index (κ1) is 15.4. The molecule has 4 N–H and O–H groups in total. The smallest absolute Gasteiger partial charge is 0.224 e. The number of carbonyl (C=O) groups excluding carboxylic acids is 2. The molecule has 1 aromatic carbocycles. The summed E-state index contributed by atoms with van der Waals surface area (Å²) in [6.07, 6.45) is 2.57. The molecule has 5 nitrogen and oxygen atoms in total. The monoisotopic (exact) mass is 293 g/mol. The van der Waals surface area contributed by atoms with Crippen LogP contribution in [0.25, 0.3) is 0 Å². The lowest BCUT2D eigenvalue weighted by atomic mass is 10.0. The van der Waals surface area contributed by atoms with Crippen molar-refractivity contribution < 1.29 is 14.0 Å². The summed E-state index contributed by atoms with van der Waals surface area (Å²) in [7, 11) is 0. The summed E-state index contributed by atoms with van der Waals surface area (Å²) in [5.41, 5.74) is 7.03. The lowest BCUT2D eigenvalue weighted by Crippen LogP contribution is -2.20. The Kier molecular flexibility index (Phi) is 4.90. The van der Waals surface area contributed by atoms with E-state index in [0.29, 0.717) is 31.4 Å². The number of halogens is 1. The molecule has 1 unspecified atom stereocenters. The third-order valence-electron chi connectivity index (χ3n) is 3.43. The highest BCUT2D eigenvalue weighted by molar-refractivity contribution is 5.96. The first-order chi connectivity index (χ1) is 9.95. The maximum absolute atomic E-state index is 13.9. The number of benzene rings is 1. The standard InChI is InChI=1S/C15H20FN3O2/c1-9(17)3-2-4-14(20)19-13-8-12-10(7-11(13)16)5-6-15(21)18-12/h7-9H,2-6,17H2,1H3,(H,18,21)(H,19,20). The van der Waals surface area contributed by atoms with Crippen molar-refractivity contribution in [3.05, 3.63) is 23.5 Å². The topological polar surface area (TPSA) is 84.2 Å². The second-order valence-corrected chi connectivity index (χ2v) is 5.46. The Morgan fingerprint density at radius 3 is 2.95 bits per heavy atom. The van der Waals surface area contributed by atoms with Gasteiger partial charge in [-0.05, 0) is 43.9 Å². The number of carbonyl (C=O) groups is 2. The molecule has 0 bridgehead atoms. The maximum atomic E-state index is 13.9. The first-order valence-corrected chi connectivity index (χ1v) is 7.13. The van der Waals surface area contributed by atoms with Crippen molar-refractivity contribution >= 4 is 23.2 Å². The molecule has 0 saturated carbocycles. The molecule has 0 fully saturated rings. The van der Waals surface area contributed by atoms with E-state index >= 15 is 0 Å². The summed E-state index contributed by atoms with van der Waals surface area (Å²) >= 11 is 0. The summed E-state index contributed by atoms with van der Waals surface area (Å²) in [5, 5.41) is 5.23. The SMILES string of the molecule is CC(N)CCCC(=O)Nc1cc2c(cc1F)CCC(=O)N2. The van der Waals surface area contributed by atoms with Crippen molar-refractivity contribution in [2.24, 2.45) is 5.73 Å². The Labute approximate surface area is 123 Å². The molecule has 0 radical (unpaired) electrons. The van der Waals surface area contributed by atoms with Gasteiger partial charge in [-0.3, -0.25) is 9.59 Å². The van der Waals surface area contributed by atoms with Crippen LogP contribution < -0.4 is 16.4 Å². The molecule has 0 saturated heterocycles. The molecule has 1 heterocycles. The van der Waals surface area contributed by atoms with Gasteiger partial charge in [-0.25, -0.2) is 4.39 Å². The van der Waals surface area contributed by atoms with Gasteiger partial charge >= 0.3 is 0 Å². The third-order valence-corrected chi connectivity index (χ3v) is 3.43. The predicted octanol–water partition coefficient (Wildman–Crippen LogP) is 2.17. The highest BCUT2D eigenvalue weighted by Gasteiger charge is 2.18. The van der Waals surface area contributed by atoms with Crippen molar-refractivity contribution in [1.29, 1.82) is 0 Å². The zero-order chi connectivity index (χ0) is 15.4. The van der Waals surface area contributed by atoms with E-state index < -0.39 is 5.82 Å². The highest BCUT2D eigenvalue weighted by Crippen LogP contribution is 2.28. The van der Waals surface area contributed by atoms with Gasteiger partial charge < -0.3 is 16.4 Å². The van der Waals surface area contributed by atoms with Gasteiger partial charge in [-0.1, -0.05) is 0 Å². The summed E-state index contributed by atoms with van der Waals surface area (Å²) < 4.78 is 13.9. The van der Waals surface area contributed by atoms with Crippen molar-refractivity contribution in [2.75, 3.05) is 10.6 Å². The molecule has 0 aromatic heterocycles. The molecular weight excluding hydrogens is 273 g/mol. The van der Waals surface area contributed by atoms with Gasteiger partial charge in [0.2, 0.25) is 11.8 Å². The van der Waals surface area contributed by atoms with Gasteiger partial charge in [-0.2, -0.15) is 0 Å².